The number of aromatic hydroxyl groups is 1. The van der Waals surface area contributed by atoms with E-state index >= 15 is 0 Å². The molecule has 0 radical (unpaired) electrons. The molecule has 106 valence electrons. The van der Waals surface area contributed by atoms with Crippen LogP contribution >= 0.6 is 0 Å². The zero-order valence-electron chi connectivity index (χ0n) is 11.7. The minimum Gasteiger partial charge on any atom is -0.506 e. The molecule has 1 aromatic heterocycles. The first kappa shape index (κ1) is 13.0. The number of hydrogen-bond acceptors (Lipinski definition) is 4. The van der Waals surface area contributed by atoms with Crippen molar-refractivity contribution in [3.8, 4) is 17.1 Å². The third-order valence-electron chi connectivity index (χ3n) is 4.09. The fraction of sp³-hybridized carbons (Fsp3) is 0.467. The Kier molecular flexibility index (Phi) is 3.34. The van der Waals surface area contributed by atoms with Crippen LogP contribution in [-0.2, 0) is 0 Å². The molecule has 3 N–H and O–H groups in total. The van der Waals surface area contributed by atoms with E-state index in [-0.39, 0.29) is 5.75 Å². The van der Waals surface area contributed by atoms with Crippen molar-refractivity contribution in [2.75, 3.05) is 5.73 Å². The van der Waals surface area contributed by atoms with Gasteiger partial charge in [0.2, 0.25) is 0 Å². The molecule has 3 rings (SSSR count). The van der Waals surface area contributed by atoms with E-state index in [4.69, 9.17) is 5.73 Å². The van der Waals surface area contributed by atoms with Gasteiger partial charge in [0.25, 0.3) is 0 Å². The minimum absolute atomic E-state index is 0.0957. The van der Waals surface area contributed by atoms with Crippen LogP contribution in [0.3, 0.4) is 0 Å². The summed E-state index contributed by atoms with van der Waals surface area (Å²) in [5.41, 5.74) is 6.91. The van der Waals surface area contributed by atoms with Gasteiger partial charge in [-0.15, -0.1) is 10.2 Å². The van der Waals surface area contributed by atoms with Gasteiger partial charge in [-0.2, -0.15) is 0 Å². The molecule has 0 bridgehead atoms. The normalized spacial score (nSPS) is 16.4. The highest BCUT2D eigenvalue weighted by molar-refractivity contribution is 5.65. The maximum atomic E-state index is 9.79. The van der Waals surface area contributed by atoms with Crippen LogP contribution in [0.2, 0.25) is 0 Å². The van der Waals surface area contributed by atoms with Crippen molar-refractivity contribution < 1.29 is 5.11 Å². The first-order chi connectivity index (χ1) is 9.66. The maximum Gasteiger partial charge on any atom is 0.164 e. The van der Waals surface area contributed by atoms with Gasteiger partial charge in [0.05, 0.1) is 5.69 Å². The summed E-state index contributed by atoms with van der Waals surface area (Å²) in [4.78, 5) is 0. The lowest BCUT2D eigenvalue weighted by Crippen LogP contribution is -2.15. The second-order valence-corrected chi connectivity index (χ2v) is 5.51. The lowest BCUT2D eigenvalue weighted by atomic mass is 9.95. The molecule has 0 saturated heterocycles. The summed E-state index contributed by atoms with van der Waals surface area (Å²) in [5, 5.41) is 18.3. The summed E-state index contributed by atoms with van der Waals surface area (Å²) in [5.74, 6) is 1.85. The number of hydrogen-bond donors (Lipinski definition) is 2. The van der Waals surface area contributed by atoms with E-state index in [0.717, 1.165) is 17.2 Å². The topological polar surface area (TPSA) is 77.0 Å². The Labute approximate surface area is 118 Å². The van der Waals surface area contributed by atoms with Crippen LogP contribution in [-0.4, -0.2) is 19.9 Å². The standard InChI is InChI=1S/C15H20N4O/c1-10-17-18-15(11-7-8-13(16)14(20)9-11)19(10)12-5-3-2-4-6-12/h7-9,12,20H,2-6,16H2,1H3. The number of nitrogens with zero attached hydrogens (tertiary/aromatic N) is 3. The molecular formula is C15H20N4O. The van der Waals surface area contributed by atoms with Crippen molar-refractivity contribution in [2.24, 2.45) is 0 Å². The largest absolute Gasteiger partial charge is 0.506 e. The lowest BCUT2D eigenvalue weighted by molar-refractivity contribution is 0.350. The Hall–Kier alpha value is -2.04. The quantitative estimate of drug-likeness (QED) is 0.650. The smallest absolute Gasteiger partial charge is 0.164 e. The van der Waals surface area contributed by atoms with Gasteiger partial charge in [-0.1, -0.05) is 19.3 Å². The number of aryl methyl sites for hydroxylation is 1. The predicted octanol–water partition coefficient (Wildman–Crippen LogP) is 3.05. The van der Waals surface area contributed by atoms with Crippen molar-refractivity contribution in [3.63, 3.8) is 0 Å². The SMILES string of the molecule is Cc1nnc(-c2ccc(N)c(O)c2)n1C1CCCCC1. The highest BCUT2D eigenvalue weighted by Gasteiger charge is 2.22. The van der Waals surface area contributed by atoms with Crippen molar-refractivity contribution in [1.29, 1.82) is 0 Å². The summed E-state index contributed by atoms with van der Waals surface area (Å²) in [7, 11) is 0. The van der Waals surface area contributed by atoms with Crippen molar-refractivity contribution >= 4 is 5.69 Å². The Balaban J connectivity index is 2.03. The number of phenolic OH excluding ortho intramolecular Hbond substituents is 1. The molecule has 0 spiro atoms. The van der Waals surface area contributed by atoms with Crippen LogP contribution in [0.4, 0.5) is 5.69 Å². The van der Waals surface area contributed by atoms with E-state index < -0.39 is 0 Å². The van der Waals surface area contributed by atoms with Crippen molar-refractivity contribution in [1.82, 2.24) is 14.8 Å². The van der Waals surface area contributed by atoms with Gasteiger partial charge < -0.3 is 15.4 Å². The third kappa shape index (κ3) is 2.24. The molecule has 1 aromatic carbocycles. The molecule has 1 aliphatic rings. The molecule has 1 fully saturated rings. The molecule has 5 nitrogen and oxygen atoms in total. The summed E-state index contributed by atoms with van der Waals surface area (Å²) in [6, 6.07) is 5.73. The number of nitrogen functional groups attached to an aromatic ring is 1. The van der Waals surface area contributed by atoms with Gasteiger partial charge in [-0.3, -0.25) is 0 Å². The van der Waals surface area contributed by atoms with Gasteiger partial charge >= 0.3 is 0 Å². The molecule has 0 atom stereocenters. The predicted molar refractivity (Wildman–Crippen MR) is 78.4 cm³/mol. The molecule has 1 saturated carbocycles. The molecular weight excluding hydrogens is 252 g/mol. The summed E-state index contributed by atoms with van der Waals surface area (Å²) in [6.45, 7) is 1.99. The van der Waals surface area contributed by atoms with E-state index in [1.54, 1.807) is 12.1 Å². The van der Waals surface area contributed by atoms with Crippen LogP contribution in [0.1, 0.15) is 44.0 Å². The number of aromatic nitrogens is 3. The first-order valence-electron chi connectivity index (χ1n) is 7.17. The number of anilines is 1. The summed E-state index contributed by atoms with van der Waals surface area (Å²) >= 11 is 0. The Bertz CT molecular complexity index is 614. The van der Waals surface area contributed by atoms with Gasteiger partial charge in [-0.25, -0.2) is 0 Å². The third-order valence-corrected chi connectivity index (χ3v) is 4.09. The molecule has 5 heteroatoms. The zero-order valence-corrected chi connectivity index (χ0v) is 11.7. The number of nitrogens with two attached hydrogens (primary N) is 1. The number of rotatable bonds is 2. The van der Waals surface area contributed by atoms with Crippen LogP contribution in [0, 0.1) is 6.92 Å². The van der Waals surface area contributed by atoms with Gasteiger partial charge in [0.15, 0.2) is 5.82 Å². The zero-order chi connectivity index (χ0) is 14.1. The van der Waals surface area contributed by atoms with E-state index in [1.165, 1.54) is 32.1 Å². The fourth-order valence-corrected chi connectivity index (χ4v) is 3.03. The number of benzene rings is 1. The van der Waals surface area contributed by atoms with Gasteiger partial charge in [0.1, 0.15) is 11.6 Å². The summed E-state index contributed by atoms with van der Waals surface area (Å²) in [6.07, 6.45) is 6.18. The number of phenols is 1. The van der Waals surface area contributed by atoms with Crippen LogP contribution in [0.5, 0.6) is 5.75 Å². The fourth-order valence-electron chi connectivity index (χ4n) is 3.03. The molecule has 1 aliphatic carbocycles. The van der Waals surface area contributed by atoms with E-state index in [1.807, 2.05) is 13.0 Å². The van der Waals surface area contributed by atoms with E-state index in [2.05, 4.69) is 14.8 Å². The van der Waals surface area contributed by atoms with Crippen LogP contribution < -0.4 is 5.73 Å². The van der Waals surface area contributed by atoms with Gasteiger partial charge in [0, 0.05) is 11.6 Å². The average Bonchev–Trinajstić information content (AvgIpc) is 2.85. The molecule has 0 amide bonds. The highest BCUT2D eigenvalue weighted by atomic mass is 16.3. The molecule has 20 heavy (non-hydrogen) atoms. The molecule has 2 aromatic rings. The Morgan fingerprint density at radius 2 is 1.95 bits per heavy atom. The average molecular weight is 272 g/mol. The first-order valence-corrected chi connectivity index (χ1v) is 7.17. The molecule has 0 unspecified atom stereocenters. The summed E-state index contributed by atoms with van der Waals surface area (Å²) < 4.78 is 2.21. The van der Waals surface area contributed by atoms with Crippen molar-refractivity contribution in [2.45, 2.75) is 45.1 Å². The van der Waals surface area contributed by atoms with E-state index in [0.29, 0.717) is 11.7 Å². The monoisotopic (exact) mass is 272 g/mol. The highest BCUT2D eigenvalue weighted by Crippen LogP contribution is 2.34. The van der Waals surface area contributed by atoms with Crippen LogP contribution in [0.25, 0.3) is 11.4 Å². The second-order valence-electron chi connectivity index (χ2n) is 5.51. The molecule has 0 aliphatic heterocycles. The van der Waals surface area contributed by atoms with E-state index in [9.17, 15) is 5.11 Å². The lowest BCUT2D eigenvalue weighted by Gasteiger charge is -2.25. The minimum atomic E-state index is 0.0957. The van der Waals surface area contributed by atoms with Gasteiger partial charge in [-0.05, 0) is 38.0 Å². The molecule has 1 heterocycles. The second kappa shape index (κ2) is 5.15. The Morgan fingerprint density at radius 3 is 2.65 bits per heavy atom. The van der Waals surface area contributed by atoms with Crippen LogP contribution in [0.15, 0.2) is 18.2 Å². The Morgan fingerprint density at radius 1 is 1.20 bits per heavy atom. The van der Waals surface area contributed by atoms with Crippen molar-refractivity contribution in [3.05, 3.63) is 24.0 Å². The maximum absolute atomic E-state index is 9.79.